The molecule has 2 aromatic rings. The number of nitrogens with one attached hydrogen (secondary N) is 1. The van der Waals surface area contributed by atoms with Crippen molar-refractivity contribution >= 4 is 27.7 Å². The number of hydrogen-bond acceptors (Lipinski definition) is 3. The minimum atomic E-state index is -0.571. The molecular formula is C25H33BrN2O3. The van der Waals surface area contributed by atoms with Gasteiger partial charge in [0.05, 0.1) is 4.47 Å². The van der Waals surface area contributed by atoms with Gasteiger partial charge in [-0.1, -0.05) is 57.2 Å². The molecular weight excluding hydrogens is 456 g/mol. The Labute approximate surface area is 194 Å². The molecule has 31 heavy (non-hydrogen) atoms. The number of ether oxygens (including phenoxy) is 1. The highest BCUT2D eigenvalue weighted by molar-refractivity contribution is 9.10. The fourth-order valence-corrected chi connectivity index (χ4v) is 3.69. The third kappa shape index (κ3) is 7.69. The minimum Gasteiger partial charge on any atom is -0.483 e. The van der Waals surface area contributed by atoms with Crippen molar-refractivity contribution in [2.75, 3.05) is 19.7 Å². The van der Waals surface area contributed by atoms with Crippen LogP contribution in [0.1, 0.15) is 51.2 Å². The normalized spacial score (nSPS) is 11.8. The summed E-state index contributed by atoms with van der Waals surface area (Å²) in [6, 6.07) is 15.3. The number of amides is 2. The highest BCUT2D eigenvalue weighted by Gasteiger charge is 2.26. The highest BCUT2D eigenvalue weighted by atomic mass is 79.9. The summed E-state index contributed by atoms with van der Waals surface area (Å²) in [5.41, 5.74) is 2.31. The summed E-state index contributed by atoms with van der Waals surface area (Å²) in [5, 5.41) is 2.88. The number of hydrogen-bond donors (Lipinski definition) is 1. The Kier molecular flexibility index (Phi) is 10.0. The van der Waals surface area contributed by atoms with Gasteiger partial charge in [-0.25, -0.2) is 0 Å². The first-order valence-corrected chi connectivity index (χ1v) is 11.7. The van der Waals surface area contributed by atoms with E-state index in [2.05, 4.69) is 35.1 Å². The van der Waals surface area contributed by atoms with Crippen molar-refractivity contribution in [1.29, 1.82) is 0 Å². The fraction of sp³-hybridized carbons (Fsp3) is 0.440. The fourth-order valence-electron chi connectivity index (χ4n) is 3.18. The van der Waals surface area contributed by atoms with Crippen LogP contribution in [0, 0.1) is 0 Å². The van der Waals surface area contributed by atoms with Gasteiger partial charge in [-0.2, -0.15) is 0 Å². The van der Waals surface area contributed by atoms with E-state index < -0.39 is 6.04 Å². The maximum atomic E-state index is 13.0. The summed E-state index contributed by atoms with van der Waals surface area (Å²) in [6.45, 7) is 8.93. The molecule has 0 bridgehead atoms. The quantitative estimate of drug-likeness (QED) is 0.487. The lowest BCUT2D eigenvalue weighted by Crippen LogP contribution is -2.50. The van der Waals surface area contributed by atoms with Gasteiger partial charge in [0.1, 0.15) is 11.8 Å². The largest absolute Gasteiger partial charge is 0.483 e. The molecule has 0 radical (unpaired) electrons. The van der Waals surface area contributed by atoms with Crippen LogP contribution in [0.2, 0.25) is 0 Å². The SMILES string of the molecule is CCCNC(=O)C(C)N(CCc1ccccc1)C(=O)COc1ccc(C(C)C)cc1Br. The van der Waals surface area contributed by atoms with Crippen LogP contribution in [-0.2, 0) is 16.0 Å². The lowest BCUT2D eigenvalue weighted by Gasteiger charge is -2.28. The molecule has 0 saturated carbocycles. The van der Waals surface area contributed by atoms with Crippen molar-refractivity contribution in [1.82, 2.24) is 10.2 Å². The number of nitrogens with zero attached hydrogens (tertiary/aromatic N) is 1. The average Bonchev–Trinajstić information content (AvgIpc) is 2.77. The van der Waals surface area contributed by atoms with Crippen LogP contribution in [0.4, 0.5) is 0 Å². The van der Waals surface area contributed by atoms with Gasteiger partial charge in [-0.05, 0) is 64.9 Å². The summed E-state index contributed by atoms with van der Waals surface area (Å²) < 4.78 is 6.62. The smallest absolute Gasteiger partial charge is 0.261 e. The molecule has 0 heterocycles. The molecule has 0 aliphatic heterocycles. The third-order valence-corrected chi connectivity index (χ3v) is 5.79. The van der Waals surface area contributed by atoms with E-state index in [1.54, 1.807) is 11.8 Å². The van der Waals surface area contributed by atoms with Gasteiger partial charge in [0, 0.05) is 13.1 Å². The summed E-state index contributed by atoms with van der Waals surface area (Å²) in [4.78, 5) is 27.2. The van der Waals surface area contributed by atoms with Gasteiger partial charge < -0.3 is 15.0 Å². The van der Waals surface area contributed by atoms with E-state index >= 15 is 0 Å². The molecule has 5 nitrogen and oxygen atoms in total. The average molecular weight is 489 g/mol. The molecule has 168 valence electrons. The van der Waals surface area contributed by atoms with Gasteiger partial charge in [0.25, 0.3) is 5.91 Å². The van der Waals surface area contributed by atoms with Gasteiger partial charge in [0.15, 0.2) is 6.61 Å². The summed E-state index contributed by atoms with van der Waals surface area (Å²) >= 11 is 3.53. The third-order valence-electron chi connectivity index (χ3n) is 5.17. The van der Waals surface area contributed by atoms with Crippen LogP contribution in [0.3, 0.4) is 0 Å². The Morgan fingerprint density at radius 2 is 1.81 bits per heavy atom. The maximum Gasteiger partial charge on any atom is 0.261 e. The molecule has 1 unspecified atom stereocenters. The molecule has 0 aliphatic carbocycles. The van der Waals surface area contributed by atoms with Crippen LogP contribution in [0.5, 0.6) is 5.75 Å². The lowest BCUT2D eigenvalue weighted by molar-refractivity contribution is -0.141. The minimum absolute atomic E-state index is 0.125. The van der Waals surface area contributed by atoms with Crippen LogP contribution in [-0.4, -0.2) is 42.5 Å². The first kappa shape index (κ1) is 24.9. The molecule has 2 amide bonds. The van der Waals surface area contributed by atoms with E-state index in [9.17, 15) is 9.59 Å². The van der Waals surface area contributed by atoms with Crippen LogP contribution < -0.4 is 10.1 Å². The molecule has 1 N–H and O–H groups in total. The summed E-state index contributed by atoms with van der Waals surface area (Å²) in [6.07, 6.45) is 1.52. The predicted molar refractivity (Wildman–Crippen MR) is 128 cm³/mol. The second kappa shape index (κ2) is 12.5. The molecule has 0 aromatic heterocycles. The first-order valence-electron chi connectivity index (χ1n) is 10.9. The number of benzene rings is 2. The number of carbonyl (C=O) groups excluding carboxylic acids is 2. The van der Waals surface area contributed by atoms with Crippen molar-refractivity contribution < 1.29 is 14.3 Å². The number of halogens is 1. The molecule has 1 atom stereocenters. The Balaban J connectivity index is 2.08. The van der Waals surface area contributed by atoms with Gasteiger partial charge in [0.2, 0.25) is 5.91 Å². The van der Waals surface area contributed by atoms with Gasteiger partial charge in [-0.3, -0.25) is 9.59 Å². The molecule has 6 heteroatoms. The molecule has 0 spiro atoms. The Morgan fingerprint density at radius 3 is 2.42 bits per heavy atom. The monoisotopic (exact) mass is 488 g/mol. The molecule has 0 saturated heterocycles. The highest BCUT2D eigenvalue weighted by Crippen LogP contribution is 2.29. The van der Waals surface area contributed by atoms with Gasteiger partial charge >= 0.3 is 0 Å². The lowest BCUT2D eigenvalue weighted by atomic mass is 10.0. The molecule has 0 fully saturated rings. The van der Waals surface area contributed by atoms with Crippen LogP contribution >= 0.6 is 15.9 Å². The molecule has 0 aliphatic rings. The van der Waals surface area contributed by atoms with E-state index in [0.717, 1.165) is 16.5 Å². The molecule has 2 aromatic carbocycles. The van der Waals surface area contributed by atoms with Crippen molar-refractivity contribution in [3.8, 4) is 5.75 Å². The van der Waals surface area contributed by atoms with Crippen molar-refractivity contribution in [2.45, 2.75) is 52.5 Å². The van der Waals surface area contributed by atoms with E-state index in [-0.39, 0.29) is 18.4 Å². The van der Waals surface area contributed by atoms with Gasteiger partial charge in [-0.15, -0.1) is 0 Å². The van der Waals surface area contributed by atoms with Crippen molar-refractivity contribution in [2.24, 2.45) is 0 Å². The zero-order valence-corrected chi connectivity index (χ0v) is 20.4. The first-order chi connectivity index (χ1) is 14.8. The standard InChI is InChI=1S/C25H33BrN2O3/c1-5-14-27-25(30)19(4)28(15-13-20-9-7-6-8-10-20)24(29)17-31-23-12-11-21(18(2)3)16-22(23)26/h6-12,16,18-19H,5,13-15,17H2,1-4H3,(H,27,30). The van der Waals surface area contributed by atoms with E-state index in [1.807, 2.05) is 55.5 Å². The number of carbonyl (C=O) groups is 2. The van der Waals surface area contributed by atoms with Crippen molar-refractivity contribution in [3.63, 3.8) is 0 Å². The van der Waals surface area contributed by atoms with Crippen LogP contribution in [0.15, 0.2) is 53.0 Å². The van der Waals surface area contributed by atoms with E-state index in [1.165, 1.54) is 5.56 Å². The Hall–Kier alpha value is -2.34. The second-order valence-electron chi connectivity index (χ2n) is 7.92. The van der Waals surface area contributed by atoms with E-state index in [0.29, 0.717) is 31.2 Å². The maximum absolute atomic E-state index is 13.0. The van der Waals surface area contributed by atoms with Crippen LogP contribution in [0.25, 0.3) is 0 Å². The van der Waals surface area contributed by atoms with E-state index in [4.69, 9.17) is 4.74 Å². The molecule has 2 rings (SSSR count). The Morgan fingerprint density at radius 1 is 1.10 bits per heavy atom. The second-order valence-corrected chi connectivity index (χ2v) is 8.78. The predicted octanol–water partition coefficient (Wildman–Crippen LogP) is 4.94. The van der Waals surface area contributed by atoms with Crippen molar-refractivity contribution in [3.05, 3.63) is 64.1 Å². The number of rotatable bonds is 11. The zero-order chi connectivity index (χ0) is 22.8. The summed E-state index contributed by atoms with van der Waals surface area (Å²) in [7, 11) is 0. The summed E-state index contributed by atoms with van der Waals surface area (Å²) in [5.74, 6) is 0.660. The Bertz CT molecular complexity index is 855. The topological polar surface area (TPSA) is 58.6 Å². The zero-order valence-electron chi connectivity index (χ0n) is 18.9.